The van der Waals surface area contributed by atoms with Crippen LogP contribution in [-0.2, 0) is 10.5 Å². The molecule has 6 heteroatoms. The van der Waals surface area contributed by atoms with Gasteiger partial charge in [-0.05, 0) is 41.8 Å². The molecule has 166 valence electrons. The SMILES string of the molecule is COc1ccc(N2C(=O)C(CC(Br)CBr)(SCc3ccccc3)C2c2ccccc2)cc1. The highest BCUT2D eigenvalue weighted by atomic mass is 79.9. The molecular weight excluding hydrogens is 550 g/mol. The number of nitrogens with zero attached hydrogens (tertiary/aromatic N) is 1. The predicted octanol–water partition coefficient (Wildman–Crippen LogP) is 7.00. The standard InChI is InChI=1S/C26H25Br2NO2S/c1-31-23-14-12-22(13-15-23)29-24(20-10-6-3-7-11-20)26(25(29)30,16-21(28)17-27)32-18-19-8-4-2-5-9-19/h2-15,21,24H,16-18H2,1H3. The lowest BCUT2D eigenvalue weighted by Gasteiger charge is -2.56. The summed E-state index contributed by atoms with van der Waals surface area (Å²) in [4.78, 5) is 16.1. The largest absolute Gasteiger partial charge is 0.497 e. The Balaban J connectivity index is 1.74. The van der Waals surface area contributed by atoms with Gasteiger partial charge in [0.15, 0.2) is 0 Å². The Labute approximate surface area is 210 Å². The van der Waals surface area contributed by atoms with Gasteiger partial charge in [0.25, 0.3) is 0 Å². The van der Waals surface area contributed by atoms with Gasteiger partial charge in [0, 0.05) is 21.6 Å². The lowest BCUT2D eigenvalue weighted by molar-refractivity contribution is -0.128. The summed E-state index contributed by atoms with van der Waals surface area (Å²) in [5, 5.41) is 0.790. The van der Waals surface area contributed by atoms with Crippen LogP contribution in [0.1, 0.15) is 23.6 Å². The number of anilines is 1. The van der Waals surface area contributed by atoms with Crippen LogP contribution in [0.5, 0.6) is 5.75 Å². The third kappa shape index (κ3) is 4.63. The zero-order chi connectivity index (χ0) is 22.6. The second-order valence-electron chi connectivity index (χ2n) is 7.81. The van der Waals surface area contributed by atoms with E-state index in [0.717, 1.165) is 34.5 Å². The van der Waals surface area contributed by atoms with Gasteiger partial charge in [-0.15, -0.1) is 11.8 Å². The number of rotatable bonds is 9. The van der Waals surface area contributed by atoms with E-state index >= 15 is 0 Å². The van der Waals surface area contributed by atoms with E-state index in [1.54, 1.807) is 18.9 Å². The summed E-state index contributed by atoms with van der Waals surface area (Å²) in [6.45, 7) is 0. The zero-order valence-corrected chi connectivity index (χ0v) is 21.8. The minimum absolute atomic E-state index is 0.0580. The first kappa shape index (κ1) is 23.4. The van der Waals surface area contributed by atoms with Crippen molar-refractivity contribution in [3.8, 4) is 5.75 Å². The maximum Gasteiger partial charge on any atom is 0.246 e. The fourth-order valence-electron chi connectivity index (χ4n) is 4.21. The number of hydrogen-bond acceptors (Lipinski definition) is 3. The van der Waals surface area contributed by atoms with E-state index < -0.39 is 4.75 Å². The maximum absolute atomic E-state index is 13.9. The Hall–Kier alpha value is -1.76. The topological polar surface area (TPSA) is 29.5 Å². The Morgan fingerprint density at radius 3 is 2.22 bits per heavy atom. The van der Waals surface area contributed by atoms with Crippen LogP contribution in [0.15, 0.2) is 84.9 Å². The normalized spacial score (nSPS) is 21.2. The van der Waals surface area contributed by atoms with Crippen molar-refractivity contribution in [1.29, 1.82) is 0 Å². The average molecular weight is 575 g/mol. The smallest absolute Gasteiger partial charge is 0.246 e. The third-order valence-electron chi connectivity index (χ3n) is 5.78. The molecule has 3 aromatic carbocycles. The first-order valence-electron chi connectivity index (χ1n) is 10.5. The van der Waals surface area contributed by atoms with Crippen molar-refractivity contribution in [2.24, 2.45) is 0 Å². The molecule has 0 spiro atoms. The van der Waals surface area contributed by atoms with E-state index in [1.807, 2.05) is 53.4 Å². The van der Waals surface area contributed by atoms with Gasteiger partial charge in [0.05, 0.1) is 13.2 Å². The summed E-state index contributed by atoms with van der Waals surface area (Å²) in [7, 11) is 1.65. The molecule has 0 aliphatic carbocycles. The molecule has 0 bridgehead atoms. The van der Waals surface area contributed by atoms with Crippen LogP contribution in [0.2, 0.25) is 0 Å². The van der Waals surface area contributed by atoms with E-state index in [1.165, 1.54) is 5.56 Å². The number of carbonyl (C=O) groups is 1. The molecule has 1 aliphatic heterocycles. The molecule has 0 aromatic heterocycles. The molecule has 1 amide bonds. The number of thioether (sulfide) groups is 1. The molecule has 0 saturated carbocycles. The molecule has 1 saturated heterocycles. The van der Waals surface area contributed by atoms with Gasteiger partial charge in [-0.25, -0.2) is 0 Å². The van der Waals surface area contributed by atoms with E-state index in [0.29, 0.717) is 0 Å². The summed E-state index contributed by atoms with van der Waals surface area (Å²) in [6, 6.07) is 28.4. The minimum Gasteiger partial charge on any atom is -0.497 e. The highest BCUT2D eigenvalue weighted by molar-refractivity contribution is 9.12. The molecule has 1 aliphatic rings. The summed E-state index contributed by atoms with van der Waals surface area (Å²) in [5.74, 6) is 1.72. The van der Waals surface area contributed by atoms with Crippen LogP contribution in [0.3, 0.4) is 0 Å². The average Bonchev–Trinajstić information content (AvgIpc) is 2.85. The molecule has 1 fully saturated rings. The first-order chi connectivity index (χ1) is 15.6. The lowest BCUT2D eigenvalue weighted by Crippen LogP contribution is -2.67. The van der Waals surface area contributed by atoms with E-state index in [2.05, 4.69) is 68.3 Å². The number of methoxy groups -OCH3 is 1. The highest BCUT2D eigenvalue weighted by Gasteiger charge is 2.62. The van der Waals surface area contributed by atoms with Gasteiger partial charge in [-0.1, -0.05) is 92.5 Å². The summed E-state index contributed by atoms with van der Waals surface area (Å²) in [5.41, 5.74) is 3.27. The number of hydrogen-bond donors (Lipinski definition) is 0. The second kappa shape index (κ2) is 10.4. The second-order valence-corrected chi connectivity index (χ2v) is 11.1. The molecule has 3 unspecified atom stereocenters. The Kier molecular flexibility index (Phi) is 7.64. The molecule has 3 atom stereocenters. The Morgan fingerprint density at radius 1 is 1.00 bits per heavy atom. The zero-order valence-electron chi connectivity index (χ0n) is 17.8. The predicted molar refractivity (Wildman–Crippen MR) is 141 cm³/mol. The van der Waals surface area contributed by atoms with Gasteiger partial charge >= 0.3 is 0 Å². The minimum atomic E-state index is -0.556. The fraction of sp³-hybridized carbons (Fsp3) is 0.269. The van der Waals surface area contributed by atoms with Crippen molar-refractivity contribution in [3.05, 3.63) is 96.1 Å². The van der Waals surface area contributed by atoms with Crippen LogP contribution in [-0.4, -0.2) is 27.9 Å². The number of carbonyl (C=O) groups excluding carboxylic acids is 1. The summed E-state index contributed by atoms with van der Waals surface area (Å²) >= 11 is 9.14. The van der Waals surface area contributed by atoms with Crippen molar-refractivity contribution < 1.29 is 9.53 Å². The summed E-state index contributed by atoms with van der Waals surface area (Å²) < 4.78 is 4.76. The van der Waals surface area contributed by atoms with Crippen molar-refractivity contribution in [3.63, 3.8) is 0 Å². The first-order valence-corrected chi connectivity index (χ1v) is 13.5. The van der Waals surface area contributed by atoms with E-state index in [9.17, 15) is 4.79 Å². The fourth-order valence-corrected chi connectivity index (χ4v) is 6.72. The number of ether oxygens (including phenoxy) is 1. The quantitative estimate of drug-likeness (QED) is 0.203. The maximum atomic E-state index is 13.9. The van der Waals surface area contributed by atoms with Gasteiger partial charge in [0.2, 0.25) is 5.91 Å². The molecule has 3 nitrogen and oxygen atoms in total. The Morgan fingerprint density at radius 2 is 1.62 bits per heavy atom. The number of halogens is 2. The van der Waals surface area contributed by atoms with Crippen LogP contribution >= 0.6 is 43.6 Å². The van der Waals surface area contributed by atoms with Gasteiger partial charge < -0.3 is 9.64 Å². The molecule has 1 heterocycles. The number of amides is 1. The van der Waals surface area contributed by atoms with Crippen LogP contribution in [0, 0.1) is 0 Å². The number of alkyl halides is 2. The lowest BCUT2D eigenvalue weighted by atomic mass is 9.78. The molecule has 0 radical (unpaired) electrons. The van der Waals surface area contributed by atoms with Crippen LogP contribution < -0.4 is 9.64 Å². The van der Waals surface area contributed by atoms with Crippen molar-refractivity contribution in [2.75, 3.05) is 17.3 Å². The molecule has 4 rings (SSSR count). The third-order valence-corrected chi connectivity index (χ3v) is 9.63. The van der Waals surface area contributed by atoms with Gasteiger partial charge in [-0.3, -0.25) is 4.79 Å². The molecule has 3 aromatic rings. The van der Waals surface area contributed by atoms with E-state index in [4.69, 9.17) is 4.74 Å². The monoisotopic (exact) mass is 573 g/mol. The number of β-lactam (4-membered cyclic amide) rings is 1. The van der Waals surface area contributed by atoms with Gasteiger partial charge in [0.1, 0.15) is 10.5 Å². The van der Waals surface area contributed by atoms with Crippen molar-refractivity contribution >= 4 is 55.2 Å². The van der Waals surface area contributed by atoms with Crippen molar-refractivity contribution in [2.45, 2.75) is 27.8 Å². The van der Waals surface area contributed by atoms with Crippen LogP contribution in [0.4, 0.5) is 5.69 Å². The van der Waals surface area contributed by atoms with Gasteiger partial charge in [-0.2, -0.15) is 0 Å². The van der Waals surface area contributed by atoms with Crippen LogP contribution in [0.25, 0.3) is 0 Å². The Bertz CT molecular complexity index is 1030. The highest BCUT2D eigenvalue weighted by Crippen LogP contribution is 2.57. The van der Waals surface area contributed by atoms with E-state index in [-0.39, 0.29) is 16.8 Å². The summed E-state index contributed by atoms with van der Waals surface area (Å²) in [6.07, 6.45) is 0.737. The molecular formula is C26H25Br2NO2S. The molecule has 0 N–H and O–H groups in total. The van der Waals surface area contributed by atoms with Crippen molar-refractivity contribution in [1.82, 2.24) is 0 Å². The molecule has 32 heavy (non-hydrogen) atoms. The number of benzene rings is 3.